The molecule has 0 unspecified atom stereocenters. The highest BCUT2D eigenvalue weighted by Gasteiger charge is 2.18. The van der Waals surface area contributed by atoms with Gasteiger partial charge in [0.15, 0.2) is 0 Å². The fourth-order valence-electron chi connectivity index (χ4n) is 2.31. The van der Waals surface area contributed by atoms with Gasteiger partial charge < -0.3 is 10.1 Å². The first-order valence-electron chi connectivity index (χ1n) is 7.74. The Bertz CT molecular complexity index is 724. The summed E-state index contributed by atoms with van der Waals surface area (Å²) in [5, 5.41) is 3.63. The number of ether oxygens (including phenoxy) is 1. The lowest BCUT2D eigenvalue weighted by atomic mass is 9.86. The molecule has 0 aliphatic carbocycles. The molecule has 0 bridgehead atoms. The topological polar surface area (TPSA) is 38.3 Å². The van der Waals surface area contributed by atoms with Crippen LogP contribution in [0.3, 0.4) is 0 Å². The molecule has 1 amide bonds. The number of hydrogen-bond acceptors (Lipinski definition) is 2. The highest BCUT2D eigenvalue weighted by Crippen LogP contribution is 2.30. The zero-order valence-electron chi connectivity index (χ0n) is 14.0. The molecule has 0 saturated carbocycles. The quantitative estimate of drug-likeness (QED) is 0.748. The molecule has 1 N–H and O–H groups in total. The molecule has 0 aliphatic heterocycles. The van der Waals surface area contributed by atoms with Gasteiger partial charge in [0.25, 0.3) is 5.91 Å². The Hall–Kier alpha value is -1.71. The third kappa shape index (κ3) is 4.89. The molecular formula is C19H21Cl2NO2. The van der Waals surface area contributed by atoms with Crippen molar-refractivity contribution in [3.05, 3.63) is 63.6 Å². The van der Waals surface area contributed by atoms with Crippen molar-refractivity contribution in [1.82, 2.24) is 5.32 Å². The van der Waals surface area contributed by atoms with Crippen LogP contribution in [0, 0.1) is 0 Å². The van der Waals surface area contributed by atoms with Crippen LogP contribution in [0.2, 0.25) is 10.0 Å². The van der Waals surface area contributed by atoms with E-state index in [0.717, 1.165) is 11.3 Å². The number of carbonyl (C=O) groups excluding carboxylic acids is 1. The van der Waals surface area contributed by atoms with Crippen LogP contribution < -0.4 is 10.1 Å². The lowest BCUT2D eigenvalue weighted by Crippen LogP contribution is -2.28. The predicted octanol–water partition coefficient (Wildman–Crippen LogP) is 5.10. The van der Waals surface area contributed by atoms with Crippen molar-refractivity contribution in [2.24, 2.45) is 0 Å². The molecule has 0 spiro atoms. The molecule has 2 aromatic rings. The minimum absolute atomic E-state index is 0.00330. The van der Waals surface area contributed by atoms with Gasteiger partial charge in [0.05, 0.1) is 17.1 Å². The lowest BCUT2D eigenvalue weighted by molar-refractivity contribution is 0.0947. The second kappa shape index (κ2) is 7.91. The minimum atomic E-state index is -0.246. The summed E-state index contributed by atoms with van der Waals surface area (Å²) in [6, 6.07) is 12.7. The Labute approximate surface area is 152 Å². The van der Waals surface area contributed by atoms with Crippen molar-refractivity contribution in [3.63, 3.8) is 0 Å². The molecule has 0 heterocycles. The van der Waals surface area contributed by atoms with Crippen LogP contribution in [0.15, 0.2) is 42.5 Å². The molecule has 0 atom stereocenters. The van der Waals surface area contributed by atoms with Crippen molar-refractivity contribution in [2.45, 2.75) is 26.2 Å². The molecule has 24 heavy (non-hydrogen) atoms. The van der Waals surface area contributed by atoms with E-state index in [1.807, 2.05) is 18.2 Å². The van der Waals surface area contributed by atoms with Crippen molar-refractivity contribution < 1.29 is 9.53 Å². The van der Waals surface area contributed by atoms with Crippen LogP contribution in [-0.2, 0) is 5.41 Å². The summed E-state index contributed by atoms with van der Waals surface area (Å²) >= 11 is 11.9. The second-order valence-corrected chi connectivity index (χ2v) is 7.32. The number of hydrogen-bond donors (Lipinski definition) is 1. The van der Waals surface area contributed by atoms with E-state index in [-0.39, 0.29) is 11.3 Å². The van der Waals surface area contributed by atoms with Crippen molar-refractivity contribution in [1.29, 1.82) is 0 Å². The SMILES string of the molecule is CC(C)(C)c1ccccc1OCCNC(=O)c1ccc(Cl)cc1Cl. The summed E-state index contributed by atoms with van der Waals surface area (Å²) in [4.78, 5) is 12.1. The maximum Gasteiger partial charge on any atom is 0.252 e. The number of carbonyl (C=O) groups is 1. The van der Waals surface area contributed by atoms with E-state index in [0.29, 0.717) is 28.8 Å². The Morgan fingerprint density at radius 2 is 1.83 bits per heavy atom. The molecule has 2 aromatic carbocycles. The summed E-state index contributed by atoms with van der Waals surface area (Å²) in [6.07, 6.45) is 0. The fraction of sp³-hybridized carbons (Fsp3) is 0.316. The second-order valence-electron chi connectivity index (χ2n) is 6.47. The van der Waals surface area contributed by atoms with E-state index < -0.39 is 0 Å². The van der Waals surface area contributed by atoms with Crippen molar-refractivity contribution in [3.8, 4) is 5.75 Å². The first kappa shape index (κ1) is 18.6. The van der Waals surface area contributed by atoms with Gasteiger partial charge in [-0.2, -0.15) is 0 Å². The number of halogens is 2. The Balaban J connectivity index is 1.91. The van der Waals surface area contributed by atoms with E-state index in [1.54, 1.807) is 18.2 Å². The summed E-state index contributed by atoms with van der Waals surface area (Å²) in [7, 11) is 0. The van der Waals surface area contributed by atoms with Crippen LogP contribution in [0.1, 0.15) is 36.7 Å². The number of amides is 1. The third-order valence-electron chi connectivity index (χ3n) is 3.52. The van der Waals surface area contributed by atoms with Crippen LogP contribution in [-0.4, -0.2) is 19.1 Å². The average Bonchev–Trinajstić information content (AvgIpc) is 2.50. The number of nitrogens with one attached hydrogen (secondary N) is 1. The summed E-state index contributed by atoms with van der Waals surface area (Å²) in [5.74, 6) is 0.591. The summed E-state index contributed by atoms with van der Waals surface area (Å²) in [5.41, 5.74) is 1.53. The van der Waals surface area contributed by atoms with E-state index >= 15 is 0 Å². The van der Waals surface area contributed by atoms with Crippen LogP contribution >= 0.6 is 23.2 Å². The molecule has 0 aliphatic rings. The van der Waals surface area contributed by atoms with Crippen LogP contribution in [0.4, 0.5) is 0 Å². The van der Waals surface area contributed by atoms with Gasteiger partial charge in [-0.05, 0) is 35.2 Å². The third-order valence-corrected chi connectivity index (χ3v) is 4.06. The van der Waals surface area contributed by atoms with E-state index in [1.165, 1.54) is 0 Å². The van der Waals surface area contributed by atoms with Crippen molar-refractivity contribution >= 4 is 29.1 Å². The average molecular weight is 366 g/mol. The molecule has 0 aromatic heterocycles. The Morgan fingerprint density at radius 3 is 2.50 bits per heavy atom. The highest BCUT2D eigenvalue weighted by atomic mass is 35.5. The smallest absolute Gasteiger partial charge is 0.252 e. The van der Waals surface area contributed by atoms with Crippen LogP contribution in [0.25, 0.3) is 0 Å². The number of rotatable bonds is 5. The van der Waals surface area contributed by atoms with Gasteiger partial charge in [0, 0.05) is 5.02 Å². The monoisotopic (exact) mass is 365 g/mol. The van der Waals surface area contributed by atoms with E-state index in [9.17, 15) is 4.79 Å². The zero-order valence-corrected chi connectivity index (χ0v) is 15.5. The zero-order chi connectivity index (χ0) is 17.7. The highest BCUT2D eigenvalue weighted by molar-refractivity contribution is 6.36. The van der Waals surface area contributed by atoms with Gasteiger partial charge in [-0.1, -0.05) is 62.2 Å². The first-order valence-corrected chi connectivity index (χ1v) is 8.50. The molecule has 0 radical (unpaired) electrons. The molecule has 128 valence electrons. The lowest BCUT2D eigenvalue weighted by Gasteiger charge is -2.22. The van der Waals surface area contributed by atoms with E-state index in [4.69, 9.17) is 27.9 Å². The molecule has 0 fully saturated rings. The van der Waals surface area contributed by atoms with Gasteiger partial charge in [-0.15, -0.1) is 0 Å². The summed E-state index contributed by atoms with van der Waals surface area (Å²) < 4.78 is 5.83. The normalized spacial score (nSPS) is 11.2. The van der Waals surface area contributed by atoms with Gasteiger partial charge in [0.2, 0.25) is 0 Å². The van der Waals surface area contributed by atoms with Gasteiger partial charge in [-0.25, -0.2) is 0 Å². The van der Waals surface area contributed by atoms with Gasteiger partial charge in [-0.3, -0.25) is 4.79 Å². The largest absolute Gasteiger partial charge is 0.491 e. The standard InChI is InChI=1S/C19H21Cl2NO2/c1-19(2,3)15-6-4-5-7-17(15)24-11-10-22-18(23)14-9-8-13(20)12-16(14)21/h4-9,12H,10-11H2,1-3H3,(H,22,23). The van der Waals surface area contributed by atoms with Crippen molar-refractivity contribution in [2.75, 3.05) is 13.2 Å². The molecule has 3 nitrogen and oxygen atoms in total. The Morgan fingerprint density at radius 1 is 1.12 bits per heavy atom. The number of para-hydroxylation sites is 1. The Kier molecular flexibility index (Phi) is 6.14. The number of benzene rings is 2. The van der Waals surface area contributed by atoms with Gasteiger partial charge >= 0.3 is 0 Å². The fourth-order valence-corrected chi connectivity index (χ4v) is 2.80. The molecular weight excluding hydrogens is 345 g/mol. The molecule has 0 saturated heterocycles. The van der Waals surface area contributed by atoms with Crippen LogP contribution in [0.5, 0.6) is 5.75 Å². The maximum absolute atomic E-state index is 12.1. The summed E-state index contributed by atoms with van der Waals surface area (Å²) in [6.45, 7) is 7.18. The molecule has 2 rings (SSSR count). The maximum atomic E-state index is 12.1. The van der Waals surface area contributed by atoms with E-state index in [2.05, 4.69) is 32.2 Å². The molecule has 5 heteroatoms. The first-order chi connectivity index (χ1) is 11.3. The minimum Gasteiger partial charge on any atom is -0.491 e. The predicted molar refractivity (Wildman–Crippen MR) is 99.4 cm³/mol. The van der Waals surface area contributed by atoms with Gasteiger partial charge in [0.1, 0.15) is 12.4 Å².